The molecular formula is C15H22N2O. The van der Waals surface area contributed by atoms with Crippen LogP contribution in [-0.2, 0) is 0 Å². The number of carbonyl (C=O) groups is 1. The highest BCUT2D eigenvalue weighted by Gasteiger charge is 2.30. The number of carbonyl (C=O) groups excluding carboxylic acids is 1. The summed E-state index contributed by atoms with van der Waals surface area (Å²) < 4.78 is 0. The van der Waals surface area contributed by atoms with Gasteiger partial charge in [0.15, 0.2) is 0 Å². The van der Waals surface area contributed by atoms with Crippen molar-refractivity contribution in [1.29, 1.82) is 0 Å². The van der Waals surface area contributed by atoms with Crippen molar-refractivity contribution in [2.45, 2.75) is 39.2 Å². The molecule has 0 saturated heterocycles. The van der Waals surface area contributed by atoms with E-state index in [1.165, 1.54) is 19.3 Å². The zero-order valence-corrected chi connectivity index (χ0v) is 11.4. The SMILES string of the molecule is CNC(=O)c1cccc(NC2CCC(C)(C)C2)c1. The first-order valence-electron chi connectivity index (χ1n) is 6.59. The first-order chi connectivity index (χ1) is 8.50. The molecule has 1 aliphatic rings. The van der Waals surface area contributed by atoms with Crippen LogP contribution in [-0.4, -0.2) is 19.0 Å². The van der Waals surface area contributed by atoms with E-state index in [1.54, 1.807) is 7.05 Å². The van der Waals surface area contributed by atoms with Crippen LogP contribution >= 0.6 is 0 Å². The van der Waals surface area contributed by atoms with Gasteiger partial charge in [0.1, 0.15) is 0 Å². The fourth-order valence-corrected chi connectivity index (χ4v) is 2.69. The number of amides is 1. The van der Waals surface area contributed by atoms with Gasteiger partial charge in [-0.25, -0.2) is 0 Å². The van der Waals surface area contributed by atoms with Gasteiger partial charge in [-0.15, -0.1) is 0 Å². The number of hydrogen-bond acceptors (Lipinski definition) is 2. The predicted octanol–water partition coefficient (Wildman–Crippen LogP) is 3.04. The highest BCUT2D eigenvalue weighted by atomic mass is 16.1. The Bertz CT molecular complexity index is 440. The molecule has 98 valence electrons. The maximum atomic E-state index is 11.6. The summed E-state index contributed by atoms with van der Waals surface area (Å²) in [6.07, 6.45) is 3.66. The molecule has 1 amide bonds. The zero-order valence-electron chi connectivity index (χ0n) is 11.4. The molecule has 1 unspecified atom stereocenters. The highest BCUT2D eigenvalue weighted by molar-refractivity contribution is 5.94. The van der Waals surface area contributed by atoms with Gasteiger partial charge in [-0.05, 0) is 42.9 Å². The third-order valence-corrected chi connectivity index (χ3v) is 3.69. The van der Waals surface area contributed by atoms with Crippen molar-refractivity contribution in [3.8, 4) is 0 Å². The summed E-state index contributed by atoms with van der Waals surface area (Å²) in [6, 6.07) is 8.23. The molecule has 2 N–H and O–H groups in total. The summed E-state index contributed by atoms with van der Waals surface area (Å²) in [5.41, 5.74) is 2.19. The Labute approximate surface area is 109 Å². The average molecular weight is 246 g/mol. The number of hydrogen-bond donors (Lipinski definition) is 2. The van der Waals surface area contributed by atoms with Crippen molar-refractivity contribution in [3.05, 3.63) is 29.8 Å². The van der Waals surface area contributed by atoms with E-state index < -0.39 is 0 Å². The molecule has 0 radical (unpaired) electrons. The zero-order chi connectivity index (χ0) is 13.2. The largest absolute Gasteiger partial charge is 0.382 e. The van der Waals surface area contributed by atoms with Crippen molar-refractivity contribution in [2.75, 3.05) is 12.4 Å². The molecule has 0 aromatic heterocycles. The molecule has 1 aliphatic carbocycles. The van der Waals surface area contributed by atoms with Gasteiger partial charge in [-0.3, -0.25) is 4.79 Å². The molecule has 18 heavy (non-hydrogen) atoms. The van der Waals surface area contributed by atoms with E-state index in [0.717, 1.165) is 5.69 Å². The van der Waals surface area contributed by atoms with E-state index >= 15 is 0 Å². The van der Waals surface area contributed by atoms with Crippen molar-refractivity contribution < 1.29 is 4.79 Å². The normalized spacial score (nSPS) is 21.6. The molecule has 0 heterocycles. The van der Waals surface area contributed by atoms with Crippen molar-refractivity contribution in [2.24, 2.45) is 5.41 Å². The summed E-state index contributed by atoms with van der Waals surface area (Å²) in [7, 11) is 1.65. The van der Waals surface area contributed by atoms with Gasteiger partial charge in [-0.1, -0.05) is 19.9 Å². The second kappa shape index (κ2) is 5.01. The van der Waals surface area contributed by atoms with Gasteiger partial charge in [0.05, 0.1) is 0 Å². The topological polar surface area (TPSA) is 41.1 Å². The number of benzene rings is 1. The Morgan fingerprint density at radius 1 is 1.39 bits per heavy atom. The summed E-state index contributed by atoms with van der Waals surface area (Å²) in [5, 5.41) is 6.18. The Morgan fingerprint density at radius 3 is 2.78 bits per heavy atom. The first kappa shape index (κ1) is 12.9. The van der Waals surface area contributed by atoms with Crippen molar-refractivity contribution >= 4 is 11.6 Å². The smallest absolute Gasteiger partial charge is 0.251 e. The van der Waals surface area contributed by atoms with E-state index in [9.17, 15) is 4.79 Å². The van der Waals surface area contributed by atoms with E-state index in [0.29, 0.717) is 17.0 Å². The number of anilines is 1. The molecule has 0 spiro atoms. The minimum absolute atomic E-state index is 0.0367. The van der Waals surface area contributed by atoms with Crippen molar-refractivity contribution in [1.82, 2.24) is 5.32 Å². The lowest BCUT2D eigenvalue weighted by Gasteiger charge is -2.18. The summed E-state index contributed by atoms with van der Waals surface area (Å²) in [5.74, 6) is -0.0367. The fourth-order valence-electron chi connectivity index (χ4n) is 2.69. The quantitative estimate of drug-likeness (QED) is 0.860. The number of nitrogens with one attached hydrogen (secondary N) is 2. The van der Waals surface area contributed by atoms with Crippen LogP contribution in [0.1, 0.15) is 43.5 Å². The van der Waals surface area contributed by atoms with Crippen LogP contribution in [0, 0.1) is 5.41 Å². The molecule has 2 rings (SSSR count). The monoisotopic (exact) mass is 246 g/mol. The fraction of sp³-hybridized carbons (Fsp3) is 0.533. The lowest BCUT2D eigenvalue weighted by molar-refractivity contribution is 0.0963. The Morgan fingerprint density at radius 2 is 2.17 bits per heavy atom. The van der Waals surface area contributed by atoms with E-state index in [2.05, 4.69) is 24.5 Å². The van der Waals surface area contributed by atoms with Gasteiger partial charge in [0.25, 0.3) is 5.91 Å². The highest BCUT2D eigenvalue weighted by Crippen LogP contribution is 2.38. The van der Waals surface area contributed by atoms with E-state index in [4.69, 9.17) is 0 Å². The minimum Gasteiger partial charge on any atom is -0.382 e. The Hall–Kier alpha value is -1.51. The van der Waals surface area contributed by atoms with Crippen LogP contribution in [0.4, 0.5) is 5.69 Å². The Balaban J connectivity index is 2.04. The van der Waals surface area contributed by atoms with Crippen LogP contribution in [0.5, 0.6) is 0 Å². The first-order valence-corrected chi connectivity index (χ1v) is 6.59. The number of rotatable bonds is 3. The van der Waals surface area contributed by atoms with Crippen LogP contribution in [0.15, 0.2) is 24.3 Å². The molecule has 3 heteroatoms. The average Bonchev–Trinajstić information content (AvgIpc) is 2.68. The van der Waals surface area contributed by atoms with E-state index in [-0.39, 0.29) is 5.91 Å². The summed E-state index contributed by atoms with van der Waals surface area (Å²) in [6.45, 7) is 4.63. The molecule has 1 saturated carbocycles. The molecule has 0 bridgehead atoms. The summed E-state index contributed by atoms with van der Waals surface area (Å²) >= 11 is 0. The molecule has 1 aromatic rings. The van der Waals surface area contributed by atoms with Gasteiger partial charge >= 0.3 is 0 Å². The van der Waals surface area contributed by atoms with Gasteiger partial charge in [0, 0.05) is 24.3 Å². The second-order valence-corrected chi connectivity index (χ2v) is 5.91. The Kier molecular flexibility index (Phi) is 3.60. The third kappa shape index (κ3) is 3.03. The lowest BCUT2D eigenvalue weighted by Crippen LogP contribution is -2.20. The molecule has 1 aromatic carbocycles. The minimum atomic E-state index is -0.0367. The van der Waals surface area contributed by atoms with Gasteiger partial charge in [0.2, 0.25) is 0 Å². The molecule has 1 fully saturated rings. The molecule has 3 nitrogen and oxygen atoms in total. The summed E-state index contributed by atoms with van der Waals surface area (Å²) in [4.78, 5) is 11.6. The van der Waals surface area contributed by atoms with Crippen LogP contribution in [0.2, 0.25) is 0 Å². The molecule has 1 atom stereocenters. The van der Waals surface area contributed by atoms with Crippen LogP contribution in [0.3, 0.4) is 0 Å². The van der Waals surface area contributed by atoms with Gasteiger partial charge in [-0.2, -0.15) is 0 Å². The predicted molar refractivity (Wildman–Crippen MR) is 74.9 cm³/mol. The van der Waals surface area contributed by atoms with Crippen molar-refractivity contribution in [3.63, 3.8) is 0 Å². The molecule has 0 aliphatic heterocycles. The molecular weight excluding hydrogens is 224 g/mol. The third-order valence-electron chi connectivity index (χ3n) is 3.69. The van der Waals surface area contributed by atoms with Crippen LogP contribution < -0.4 is 10.6 Å². The standard InChI is InChI=1S/C15H22N2O/c1-15(2)8-7-13(10-15)17-12-6-4-5-11(9-12)14(18)16-3/h4-6,9,13,17H,7-8,10H2,1-3H3,(H,16,18). The van der Waals surface area contributed by atoms with Gasteiger partial charge < -0.3 is 10.6 Å². The maximum absolute atomic E-state index is 11.6. The maximum Gasteiger partial charge on any atom is 0.251 e. The lowest BCUT2D eigenvalue weighted by atomic mass is 9.92. The van der Waals surface area contributed by atoms with E-state index in [1.807, 2.05) is 24.3 Å². The van der Waals surface area contributed by atoms with Crippen LogP contribution in [0.25, 0.3) is 0 Å². The second-order valence-electron chi connectivity index (χ2n) is 5.91.